The molecule has 0 bridgehead atoms. The highest BCUT2D eigenvalue weighted by molar-refractivity contribution is 7.97. The third-order valence-electron chi connectivity index (χ3n) is 2.73. The maximum absolute atomic E-state index is 8.97. The molecule has 0 heterocycles. The van der Waals surface area contributed by atoms with Crippen molar-refractivity contribution in [1.29, 1.82) is 0 Å². The van der Waals surface area contributed by atoms with Crippen molar-refractivity contribution in [3.8, 4) is 0 Å². The van der Waals surface area contributed by atoms with Crippen LogP contribution in [0.2, 0.25) is 10.0 Å². The van der Waals surface area contributed by atoms with E-state index in [2.05, 4.69) is 0 Å². The Hall–Kier alpha value is -0.670. The normalized spacial score (nSPS) is 10.7. The van der Waals surface area contributed by atoms with E-state index < -0.39 is 0 Å². The Bertz CT molecular complexity index is 540. The standard InChI is InChI=1S/C15H14Cl2OS/c16-14-6-5-13(7-15(14)17)10-19-9-12-3-1-11(8-18)2-4-12/h1-7,18H,8-10H2. The van der Waals surface area contributed by atoms with Crippen LogP contribution in [0.1, 0.15) is 16.7 Å². The molecule has 0 radical (unpaired) electrons. The van der Waals surface area contributed by atoms with Gasteiger partial charge in [0.25, 0.3) is 0 Å². The van der Waals surface area contributed by atoms with E-state index in [0.29, 0.717) is 10.0 Å². The minimum Gasteiger partial charge on any atom is -0.392 e. The summed E-state index contributed by atoms with van der Waals surface area (Å²) in [6.45, 7) is 0.0939. The molecule has 1 N–H and O–H groups in total. The molecule has 0 atom stereocenters. The molecule has 0 aliphatic carbocycles. The quantitative estimate of drug-likeness (QED) is 0.845. The van der Waals surface area contributed by atoms with Gasteiger partial charge in [-0.25, -0.2) is 0 Å². The molecule has 0 spiro atoms. The maximum atomic E-state index is 8.97. The molecule has 100 valence electrons. The highest BCUT2D eigenvalue weighted by Crippen LogP contribution is 2.25. The van der Waals surface area contributed by atoms with Crippen molar-refractivity contribution in [3.05, 3.63) is 69.2 Å². The van der Waals surface area contributed by atoms with Gasteiger partial charge in [-0.1, -0.05) is 53.5 Å². The SMILES string of the molecule is OCc1ccc(CSCc2ccc(Cl)c(Cl)c2)cc1. The lowest BCUT2D eigenvalue weighted by molar-refractivity contribution is 0.282. The predicted octanol–water partition coefficient (Wildman–Crippen LogP) is 4.92. The number of hydrogen-bond acceptors (Lipinski definition) is 2. The lowest BCUT2D eigenvalue weighted by Gasteiger charge is -2.05. The van der Waals surface area contributed by atoms with Crippen LogP contribution in [0.25, 0.3) is 0 Å². The first-order valence-electron chi connectivity index (χ1n) is 5.89. The van der Waals surface area contributed by atoms with Gasteiger partial charge < -0.3 is 5.11 Å². The lowest BCUT2D eigenvalue weighted by Crippen LogP contribution is -1.86. The van der Waals surface area contributed by atoms with E-state index >= 15 is 0 Å². The molecule has 19 heavy (non-hydrogen) atoms. The van der Waals surface area contributed by atoms with Gasteiger partial charge >= 0.3 is 0 Å². The van der Waals surface area contributed by atoms with Crippen LogP contribution in [0.5, 0.6) is 0 Å². The summed E-state index contributed by atoms with van der Waals surface area (Å²) < 4.78 is 0. The summed E-state index contributed by atoms with van der Waals surface area (Å²) in [7, 11) is 0. The number of aliphatic hydroxyl groups is 1. The molecule has 2 aromatic rings. The fourth-order valence-electron chi connectivity index (χ4n) is 1.66. The van der Waals surface area contributed by atoms with E-state index in [-0.39, 0.29) is 6.61 Å². The van der Waals surface area contributed by atoms with Gasteiger partial charge in [0, 0.05) is 11.5 Å². The van der Waals surface area contributed by atoms with E-state index in [9.17, 15) is 0 Å². The van der Waals surface area contributed by atoms with Gasteiger partial charge in [-0.2, -0.15) is 11.8 Å². The van der Waals surface area contributed by atoms with E-state index in [1.165, 1.54) is 11.1 Å². The van der Waals surface area contributed by atoms with Crippen LogP contribution in [0, 0.1) is 0 Å². The van der Waals surface area contributed by atoms with Gasteiger partial charge in [-0.3, -0.25) is 0 Å². The minimum atomic E-state index is 0.0939. The summed E-state index contributed by atoms with van der Waals surface area (Å²) >= 11 is 13.7. The Balaban J connectivity index is 1.86. The van der Waals surface area contributed by atoms with Crippen LogP contribution in [0.3, 0.4) is 0 Å². The van der Waals surface area contributed by atoms with Gasteiger partial charge in [-0.05, 0) is 28.8 Å². The highest BCUT2D eigenvalue weighted by Gasteiger charge is 2.00. The van der Waals surface area contributed by atoms with E-state index in [1.54, 1.807) is 0 Å². The first-order valence-corrected chi connectivity index (χ1v) is 7.80. The van der Waals surface area contributed by atoms with Crippen LogP contribution in [-0.2, 0) is 18.1 Å². The Morgan fingerprint density at radius 1 is 0.789 bits per heavy atom. The topological polar surface area (TPSA) is 20.2 Å². The molecule has 1 nitrogen and oxygen atoms in total. The fourth-order valence-corrected chi connectivity index (χ4v) is 2.92. The molecule has 2 aromatic carbocycles. The number of rotatable bonds is 5. The monoisotopic (exact) mass is 312 g/mol. The second-order valence-electron chi connectivity index (χ2n) is 4.22. The van der Waals surface area contributed by atoms with E-state index in [4.69, 9.17) is 28.3 Å². The Labute approximate surface area is 127 Å². The lowest BCUT2D eigenvalue weighted by atomic mass is 10.2. The summed E-state index contributed by atoms with van der Waals surface area (Å²) in [4.78, 5) is 0. The van der Waals surface area contributed by atoms with Crippen molar-refractivity contribution in [1.82, 2.24) is 0 Å². The first kappa shape index (κ1) is 14.7. The van der Waals surface area contributed by atoms with Gasteiger partial charge in [0.1, 0.15) is 0 Å². The molecule has 0 aromatic heterocycles. The van der Waals surface area contributed by atoms with Crippen LogP contribution in [0.15, 0.2) is 42.5 Å². The minimum absolute atomic E-state index is 0.0939. The number of thioether (sulfide) groups is 1. The summed E-state index contributed by atoms with van der Waals surface area (Å²) in [5.41, 5.74) is 3.37. The van der Waals surface area contributed by atoms with Crippen molar-refractivity contribution in [2.24, 2.45) is 0 Å². The molecular formula is C15H14Cl2OS. The zero-order chi connectivity index (χ0) is 13.7. The van der Waals surface area contributed by atoms with Crippen molar-refractivity contribution < 1.29 is 5.11 Å². The molecule has 0 unspecified atom stereocenters. The van der Waals surface area contributed by atoms with Gasteiger partial charge in [0.2, 0.25) is 0 Å². The largest absolute Gasteiger partial charge is 0.392 e. The molecule has 0 aliphatic rings. The molecule has 0 fully saturated rings. The van der Waals surface area contributed by atoms with Gasteiger partial charge in [0.15, 0.2) is 0 Å². The van der Waals surface area contributed by atoms with E-state index in [0.717, 1.165) is 17.1 Å². The first-order chi connectivity index (χ1) is 9.19. The third-order valence-corrected chi connectivity index (χ3v) is 4.54. The molecule has 0 saturated heterocycles. The summed E-state index contributed by atoms with van der Waals surface area (Å²) in [5.74, 6) is 1.84. The smallest absolute Gasteiger partial charge is 0.0681 e. The number of aliphatic hydroxyl groups excluding tert-OH is 1. The molecular weight excluding hydrogens is 299 g/mol. The summed E-state index contributed by atoms with van der Waals surface area (Å²) in [6.07, 6.45) is 0. The average Bonchev–Trinajstić information content (AvgIpc) is 2.43. The Kier molecular flexibility index (Phi) is 5.59. The van der Waals surface area contributed by atoms with Crippen LogP contribution in [-0.4, -0.2) is 5.11 Å². The van der Waals surface area contributed by atoms with Crippen molar-refractivity contribution in [2.75, 3.05) is 0 Å². The second-order valence-corrected chi connectivity index (χ2v) is 6.02. The summed E-state index contributed by atoms with van der Waals surface area (Å²) in [5, 5.41) is 10.2. The number of hydrogen-bond donors (Lipinski definition) is 1. The van der Waals surface area contributed by atoms with Crippen LogP contribution < -0.4 is 0 Å². The second kappa shape index (κ2) is 7.20. The van der Waals surface area contributed by atoms with Gasteiger partial charge in [-0.15, -0.1) is 0 Å². The predicted molar refractivity (Wildman–Crippen MR) is 83.8 cm³/mol. The third kappa shape index (κ3) is 4.43. The molecule has 2 rings (SSSR count). The zero-order valence-corrected chi connectivity index (χ0v) is 12.6. The molecule has 0 aliphatic heterocycles. The molecule has 4 heteroatoms. The maximum Gasteiger partial charge on any atom is 0.0681 e. The zero-order valence-electron chi connectivity index (χ0n) is 10.3. The van der Waals surface area contributed by atoms with Crippen molar-refractivity contribution >= 4 is 35.0 Å². The fraction of sp³-hybridized carbons (Fsp3) is 0.200. The number of benzene rings is 2. The van der Waals surface area contributed by atoms with E-state index in [1.807, 2.05) is 54.2 Å². The summed E-state index contributed by atoms with van der Waals surface area (Å²) in [6, 6.07) is 13.7. The molecule has 0 saturated carbocycles. The average molecular weight is 313 g/mol. The van der Waals surface area contributed by atoms with Crippen molar-refractivity contribution in [2.45, 2.75) is 18.1 Å². The molecule has 0 amide bonds. The van der Waals surface area contributed by atoms with Gasteiger partial charge in [0.05, 0.1) is 16.7 Å². The Morgan fingerprint density at radius 2 is 1.37 bits per heavy atom. The Morgan fingerprint density at radius 3 is 2.00 bits per heavy atom. The number of halogens is 2. The van der Waals surface area contributed by atoms with Crippen LogP contribution >= 0.6 is 35.0 Å². The van der Waals surface area contributed by atoms with Crippen LogP contribution in [0.4, 0.5) is 0 Å². The van der Waals surface area contributed by atoms with Crippen molar-refractivity contribution in [3.63, 3.8) is 0 Å². The highest BCUT2D eigenvalue weighted by atomic mass is 35.5.